The molecule has 1 heterocycles. The van der Waals surface area contributed by atoms with Crippen molar-refractivity contribution in [3.63, 3.8) is 0 Å². The van der Waals surface area contributed by atoms with E-state index < -0.39 is 0 Å². The van der Waals surface area contributed by atoms with Crippen LogP contribution in [0.1, 0.15) is 24.1 Å². The minimum atomic E-state index is 0.00343. The van der Waals surface area contributed by atoms with Crippen LogP contribution >= 0.6 is 11.6 Å². The van der Waals surface area contributed by atoms with E-state index in [0.29, 0.717) is 18.3 Å². The Balaban J connectivity index is 2.01. The van der Waals surface area contributed by atoms with Gasteiger partial charge < -0.3 is 15.2 Å². The molecule has 4 nitrogen and oxygen atoms in total. The van der Waals surface area contributed by atoms with Crippen molar-refractivity contribution in [2.24, 2.45) is 0 Å². The Morgan fingerprint density at radius 2 is 2.10 bits per heavy atom. The Bertz CT molecular complexity index is 578. The molecule has 0 amide bonds. The number of aliphatic hydroxyl groups is 1. The minimum Gasteiger partial charge on any atom is -0.491 e. The van der Waals surface area contributed by atoms with Gasteiger partial charge in [-0.3, -0.25) is 0 Å². The van der Waals surface area contributed by atoms with Gasteiger partial charge in [0.15, 0.2) is 0 Å². The predicted molar refractivity (Wildman–Crippen MR) is 83.5 cm³/mol. The molecule has 1 unspecified atom stereocenters. The SMILES string of the molecule is CC(NCc1ccccc1OCCO)c1cccnc1Cl. The highest BCUT2D eigenvalue weighted by Gasteiger charge is 2.10. The normalized spacial score (nSPS) is 12.1. The van der Waals surface area contributed by atoms with Crippen LogP contribution in [0.2, 0.25) is 5.15 Å². The number of pyridine rings is 1. The molecule has 0 radical (unpaired) electrons. The van der Waals surface area contributed by atoms with Crippen molar-refractivity contribution < 1.29 is 9.84 Å². The minimum absolute atomic E-state index is 0.00343. The molecule has 2 rings (SSSR count). The van der Waals surface area contributed by atoms with Crippen LogP contribution in [0, 0.1) is 0 Å². The van der Waals surface area contributed by atoms with Crippen LogP contribution in [0.15, 0.2) is 42.6 Å². The Kier molecular flexibility index (Phi) is 5.99. The maximum Gasteiger partial charge on any atom is 0.133 e. The van der Waals surface area contributed by atoms with Crippen molar-refractivity contribution in [2.45, 2.75) is 19.5 Å². The lowest BCUT2D eigenvalue weighted by Crippen LogP contribution is -2.19. The van der Waals surface area contributed by atoms with E-state index in [1.165, 1.54) is 0 Å². The number of benzene rings is 1. The molecule has 0 spiro atoms. The van der Waals surface area contributed by atoms with Gasteiger partial charge in [0.1, 0.15) is 17.5 Å². The Hall–Kier alpha value is -1.62. The third kappa shape index (κ3) is 4.43. The van der Waals surface area contributed by atoms with E-state index in [9.17, 15) is 0 Å². The third-order valence-corrected chi connectivity index (χ3v) is 3.49. The highest BCUT2D eigenvalue weighted by molar-refractivity contribution is 6.30. The molecule has 112 valence electrons. The lowest BCUT2D eigenvalue weighted by Gasteiger charge is -2.17. The molecule has 1 aromatic carbocycles. The van der Waals surface area contributed by atoms with Crippen molar-refractivity contribution in [3.8, 4) is 5.75 Å². The molecular formula is C16H19ClN2O2. The van der Waals surface area contributed by atoms with Crippen molar-refractivity contribution in [3.05, 3.63) is 58.9 Å². The molecule has 2 N–H and O–H groups in total. The molecule has 0 aliphatic heterocycles. The first-order chi connectivity index (χ1) is 10.2. The monoisotopic (exact) mass is 306 g/mol. The zero-order valence-corrected chi connectivity index (χ0v) is 12.7. The number of nitrogens with zero attached hydrogens (tertiary/aromatic N) is 1. The number of rotatable bonds is 7. The van der Waals surface area contributed by atoms with Gasteiger partial charge in [0.05, 0.1) is 6.61 Å². The van der Waals surface area contributed by atoms with Crippen LogP contribution in [-0.4, -0.2) is 23.3 Å². The van der Waals surface area contributed by atoms with Gasteiger partial charge in [-0.05, 0) is 19.1 Å². The summed E-state index contributed by atoms with van der Waals surface area (Å²) < 4.78 is 5.52. The number of nitrogens with one attached hydrogen (secondary N) is 1. The van der Waals surface area contributed by atoms with E-state index in [1.54, 1.807) is 6.20 Å². The maximum absolute atomic E-state index is 8.85. The van der Waals surface area contributed by atoms with Gasteiger partial charge in [0, 0.05) is 29.9 Å². The van der Waals surface area contributed by atoms with Gasteiger partial charge in [-0.1, -0.05) is 35.9 Å². The summed E-state index contributed by atoms with van der Waals surface area (Å²) in [5, 5.41) is 12.8. The number of aromatic nitrogens is 1. The molecule has 0 aliphatic carbocycles. The van der Waals surface area contributed by atoms with Crippen molar-refractivity contribution in [2.75, 3.05) is 13.2 Å². The number of ether oxygens (including phenoxy) is 1. The first-order valence-electron chi connectivity index (χ1n) is 6.87. The van der Waals surface area contributed by atoms with E-state index in [4.69, 9.17) is 21.4 Å². The number of hydrogen-bond acceptors (Lipinski definition) is 4. The Labute approximate surface area is 129 Å². The van der Waals surface area contributed by atoms with Crippen LogP contribution in [0.4, 0.5) is 0 Å². The van der Waals surface area contributed by atoms with Gasteiger partial charge >= 0.3 is 0 Å². The van der Waals surface area contributed by atoms with Crippen LogP contribution in [0.5, 0.6) is 5.75 Å². The van der Waals surface area contributed by atoms with Crippen molar-refractivity contribution in [1.29, 1.82) is 0 Å². The number of para-hydroxylation sites is 1. The fraction of sp³-hybridized carbons (Fsp3) is 0.312. The van der Waals surface area contributed by atoms with Gasteiger partial charge in [-0.2, -0.15) is 0 Å². The standard InChI is InChI=1S/C16H19ClN2O2/c1-12(14-6-4-8-18-16(14)17)19-11-13-5-2-3-7-15(13)21-10-9-20/h2-8,12,19-20H,9-11H2,1H3. The first kappa shape index (κ1) is 15.8. The molecule has 0 saturated carbocycles. The van der Waals surface area contributed by atoms with Crippen LogP contribution in [-0.2, 0) is 6.54 Å². The van der Waals surface area contributed by atoms with Crippen molar-refractivity contribution >= 4 is 11.6 Å². The topological polar surface area (TPSA) is 54.4 Å². The molecule has 0 bridgehead atoms. The predicted octanol–water partition coefficient (Wildman–Crippen LogP) is 2.96. The molecule has 0 saturated heterocycles. The molecular weight excluding hydrogens is 288 g/mol. The van der Waals surface area contributed by atoms with Crippen LogP contribution < -0.4 is 10.1 Å². The lowest BCUT2D eigenvalue weighted by molar-refractivity contribution is 0.200. The summed E-state index contributed by atoms with van der Waals surface area (Å²) in [5.74, 6) is 0.781. The molecule has 21 heavy (non-hydrogen) atoms. The molecule has 1 aromatic heterocycles. The Morgan fingerprint density at radius 3 is 2.86 bits per heavy atom. The maximum atomic E-state index is 8.85. The fourth-order valence-corrected chi connectivity index (χ4v) is 2.32. The van der Waals surface area contributed by atoms with Crippen LogP contribution in [0.3, 0.4) is 0 Å². The first-order valence-corrected chi connectivity index (χ1v) is 7.25. The molecule has 1 atom stereocenters. The van der Waals surface area contributed by atoms with Gasteiger partial charge in [-0.15, -0.1) is 0 Å². The van der Waals surface area contributed by atoms with E-state index in [2.05, 4.69) is 10.3 Å². The van der Waals surface area contributed by atoms with E-state index in [1.807, 2.05) is 43.3 Å². The number of halogens is 1. The molecule has 0 fully saturated rings. The second-order valence-corrected chi connectivity index (χ2v) is 5.02. The van der Waals surface area contributed by atoms with Gasteiger partial charge in [-0.25, -0.2) is 4.98 Å². The quantitative estimate of drug-likeness (QED) is 0.772. The largest absolute Gasteiger partial charge is 0.491 e. The van der Waals surface area contributed by atoms with Crippen LogP contribution in [0.25, 0.3) is 0 Å². The van der Waals surface area contributed by atoms with E-state index in [-0.39, 0.29) is 12.6 Å². The molecule has 2 aromatic rings. The third-order valence-electron chi connectivity index (χ3n) is 3.17. The summed E-state index contributed by atoms with van der Waals surface area (Å²) >= 11 is 6.10. The second kappa shape index (κ2) is 7.98. The summed E-state index contributed by atoms with van der Waals surface area (Å²) in [6, 6.07) is 11.7. The lowest BCUT2D eigenvalue weighted by atomic mass is 10.1. The summed E-state index contributed by atoms with van der Waals surface area (Å²) in [6.07, 6.45) is 1.68. The van der Waals surface area contributed by atoms with Gasteiger partial charge in [0.25, 0.3) is 0 Å². The van der Waals surface area contributed by atoms with E-state index in [0.717, 1.165) is 16.9 Å². The average molecular weight is 307 g/mol. The summed E-state index contributed by atoms with van der Waals surface area (Å²) in [7, 11) is 0. The van der Waals surface area contributed by atoms with Gasteiger partial charge in [0.2, 0.25) is 0 Å². The zero-order chi connectivity index (χ0) is 15.1. The van der Waals surface area contributed by atoms with E-state index >= 15 is 0 Å². The highest BCUT2D eigenvalue weighted by Crippen LogP contribution is 2.22. The molecule has 0 aliphatic rings. The fourth-order valence-electron chi connectivity index (χ4n) is 2.04. The average Bonchev–Trinajstić information content (AvgIpc) is 2.52. The summed E-state index contributed by atoms with van der Waals surface area (Å²) in [6.45, 7) is 2.98. The number of aliphatic hydroxyl groups excluding tert-OH is 1. The second-order valence-electron chi connectivity index (χ2n) is 4.67. The smallest absolute Gasteiger partial charge is 0.133 e. The number of hydrogen-bond donors (Lipinski definition) is 2. The summed E-state index contributed by atoms with van der Waals surface area (Å²) in [4.78, 5) is 4.09. The van der Waals surface area contributed by atoms with Crippen molar-refractivity contribution in [1.82, 2.24) is 10.3 Å². The summed E-state index contributed by atoms with van der Waals surface area (Å²) in [5.41, 5.74) is 2.01. The zero-order valence-electron chi connectivity index (χ0n) is 11.9. The molecule has 5 heteroatoms. The highest BCUT2D eigenvalue weighted by atomic mass is 35.5. The Morgan fingerprint density at radius 1 is 1.29 bits per heavy atom.